The zero-order valence-electron chi connectivity index (χ0n) is 16.9. The molecule has 1 aliphatic carbocycles. The normalized spacial score (nSPS) is 34.1. The number of carbonyl (C=O) groups is 2. The summed E-state index contributed by atoms with van der Waals surface area (Å²) in [5.41, 5.74) is 6.76. The first-order chi connectivity index (χ1) is 14.4. The van der Waals surface area contributed by atoms with E-state index in [2.05, 4.69) is 6.07 Å². The average molecular weight is 411 g/mol. The van der Waals surface area contributed by atoms with Gasteiger partial charge in [-0.3, -0.25) is 14.5 Å². The summed E-state index contributed by atoms with van der Waals surface area (Å²) in [4.78, 5) is 31.4. The Morgan fingerprint density at radius 3 is 2.80 bits per heavy atom. The molecule has 3 saturated heterocycles. The summed E-state index contributed by atoms with van der Waals surface area (Å²) < 4.78 is 14.2. The maximum absolute atomic E-state index is 14.2. The molecule has 0 radical (unpaired) electrons. The number of likely N-dealkylation sites (tertiary alicyclic amines) is 3. The number of rotatable bonds is 5. The predicted octanol–water partition coefficient (Wildman–Crippen LogP) is 1.01. The van der Waals surface area contributed by atoms with Crippen LogP contribution in [-0.4, -0.2) is 69.8 Å². The van der Waals surface area contributed by atoms with Gasteiger partial charge in [0.2, 0.25) is 11.8 Å². The molecule has 7 atom stereocenters. The Morgan fingerprint density at radius 2 is 2.10 bits per heavy atom. The minimum Gasteiger partial charge on any atom is -0.330 e. The molecule has 3 heterocycles. The zero-order chi connectivity index (χ0) is 21.2. The molecule has 0 aromatic heterocycles. The Kier molecular flexibility index (Phi) is 4.56. The summed E-state index contributed by atoms with van der Waals surface area (Å²) in [7, 11) is 0. The molecule has 30 heavy (non-hydrogen) atoms. The summed E-state index contributed by atoms with van der Waals surface area (Å²) in [5, 5.41) is 9.33. The number of nitriles is 1. The Bertz CT molecular complexity index is 932. The summed E-state index contributed by atoms with van der Waals surface area (Å²) >= 11 is 0. The molecular weight excluding hydrogens is 385 g/mol. The number of halogens is 1. The van der Waals surface area contributed by atoms with Crippen LogP contribution in [0.2, 0.25) is 0 Å². The molecule has 3 aliphatic heterocycles. The maximum atomic E-state index is 14.2. The largest absolute Gasteiger partial charge is 0.330 e. The summed E-state index contributed by atoms with van der Waals surface area (Å²) in [6.45, 7) is 2.79. The van der Waals surface area contributed by atoms with Crippen LogP contribution in [0.15, 0.2) is 24.3 Å². The molecule has 2 bridgehead atoms. The Balaban J connectivity index is 1.24. The van der Waals surface area contributed by atoms with Crippen LogP contribution >= 0.6 is 0 Å². The molecule has 4 aliphatic rings. The molecule has 1 aromatic rings. The Hall–Kier alpha value is -2.50. The van der Waals surface area contributed by atoms with Gasteiger partial charge in [0.25, 0.3) is 0 Å². The lowest BCUT2D eigenvalue weighted by Crippen LogP contribution is -2.57. The highest BCUT2D eigenvalue weighted by atomic mass is 19.1. The van der Waals surface area contributed by atoms with Crippen molar-refractivity contribution in [3.05, 3.63) is 35.6 Å². The fourth-order valence-electron chi connectivity index (χ4n) is 5.77. The highest BCUT2D eigenvalue weighted by molar-refractivity contribution is 5.87. The van der Waals surface area contributed by atoms with Crippen molar-refractivity contribution >= 4 is 11.8 Å². The van der Waals surface area contributed by atoms with Gasteiger partial charge < -0.3 is 15.5 Å². The number of benzene rings is 1. The van der Waals surface area contributed by atoms with E-state index in [1.807, 2.05) is 11.8 Å². The van der Waals surface area contributed by atoms with Crippen molar-refractivity contribution in [2.45, 2.75) is 62.4 Å². The number of hydrogen-bond acceptors (Lipinski definition) is 5. The van der Waals surface area contributed by atoms with Crippen LogP contribution < -0.4 is 5.73 Å². The van der Waals surface area contributed by atoms with E-state index in [1.165, 1.54) is 6.07 Å². The van der Waals surface area contributed by atoms with E-state index in [0.717, 1.165) is 12.8 Å². The number of fused-ring (bicyclic) bond motifs is 3. The first kappa shape index (κ1) is 19.5. The quantitative estimate of drug-likeness (QED) is 0.781. The predicted molar refractivity (Wildman–Crippen MR) is 106 cm³/mol. The summed E-state index contributed by atoms with van der Waals surface area (Å²) in [5.74, 6) is -0.0666. The molecular formula is C22H26FN5O2. The standard InChI is InChI=1S/C22H26FN5O2/c1-12(16-4-2-3-5-17(16)23)27-15-8-20(22(27)30)26(10-15)11-18(25)21(29)28-14(9-24)6-13-7-19(13)28/h2-5,12-15,18-20H,6-8,10-11,25H2,1H3/t12?,13-,14?,15-,18?,19+,20+/m1/s1. The van der Waals surface area contributed by atoms with Crippen molar-refractivity contribution in [1.82, 2.24) is 14.7 Å². The van der Waals surface area contributed by atoms with E-state index in [1.54, 1.807) is 28.0 Å². The number of nitrogens with two attached hydrogens (primary N) is 1. The lowest BCUT2D eigenvalue weighted by Gasteiger charge is -2.38. The van der Waals surface area contributed by atoms with Gasteiger partial charge in [0.1, 0.15) is 11.9 Å². The van der Waals surface area contributed by atoms with E-state index in [4.69, 9.17) is 5.73 Å². The number of carbonyl (C=O) groups excluding carboxylic acids is 2. The van der Waals surface area contributed by atoms with Crippen LogP contribution in [0.25, 0.3) is 0 Å². The number of nitrogens with zero attached hydrogens (tertiary/aromatic N) is 4. The molecule has 2 amide bonds. The second kappa shape index (κ2) is 7.03. The summed E-state index contributed by atoms with van der Waals surface area (Å²) in [6, 6.07) is 7.17. The topological polar surface area (TPSA) is 93.7 Å². The van der Waals surface area contributed by atoms with Gasteiger partial charge in [0.05, 0.1) is 24.2 Å². The van der Waals surface area contributed by atoms with Crippen molar-refractivity contribution in [3.63, 3.8) is 0 Å². The number of piperazine rings is 1. The third-order valence-electron chi connectivity index (χ3n) is 7.34. The molecule has 1 aromatic carbocycles. The molecule has 0 spiro atoms. The lowest BCUT2D eigenvalue weighted by atomic mass is 10.0. The first-order valence-electron chi connectivity index (χ1n) is 10.7. The summed E-state index contributed by atoms with van der Waals surface area (Å²) in [6.07, 6.45) is 2.38. The molecule has 158 valence electrons. The monoisotopic (exact) mass is 411 g/mol. The Labute approximate surface area is 175 Å². The van der Waals surface area contributed by atoms with E-state index in [0.29, 0.717) is 31.0 Å². The van der Waals surface area contributed by atoms with Crippen LogP contribution in [0, 0.1) is 23.1 Å². The van der Waals surface area contributed by atoms with Gasteiger partial charge in [-0.1, -0.05) is 18.2 Å². The van der Waals surface area contributed by atoms with Crippen molar-refractivity contribution in [2.75, 3.05) is 13.1 Å². The zero-order valence-corrected chi connectivity index (χ0v) is 16.9. The fourth-order valence-corrected chi connectivity index (χ4v) is 5.77. The van der Waals surface area contributed by atoms with Gasteiger partial charge in [0, 0.05) is 30.7 Å². The number of hydrogen-bond donors (Lipinski definition) is 1. The van der Waals surface area contributed by atoms with Gasteiger partial charge in [0.15, 0.2) is 0 Å². The van der Waals surface area contributed by atoms with Crippen molar-refractivity contribution in [3.8, 4) is 6.07 Å². The van der Waals surface area contributed by atoms with Crippen LogP contribution in [0.4, 0.5) is 4.39 Å². The highest BCUT2D eigenvalue weighted by Gasteiger charge is 2.56. The van der Waals surface area contributed by atoms with Crippen molar-refractivity contribution < 1.29 is 14.0 Å². The van der Waals surface area contributed by atoms with E-state index >= 15 is 0 Å². The maximum Gasteiger partial charge on any atom is 0.242 e. The van der Waals surface area contributed by atoms with Gasteiger partial charge in [-0.15, -0.1) is 0 Å². The third kappa shape index (κ3) is 2.91. The number of piperidine rings is 1. The second-order valence-corrected chi connectivity index (χ2v) is 9.10. The molecule has 7 nitrogen and oxygen atoms in total. The van der Waals surface area contributed by atoms with Crippen molar-refractivity contribution in [2.24, 2.45) is 11.7 Å². The van der Waals surface area contributed by atoms with Gasteiger partial charge >= 0.3 is 0 Å². The van der Waals surface area contributed by atoms with E-state index in [-0.39, 0.29) is 47.8 Å². The van der Waals surface area contributed by atoms with E-state index < -0.39 is 6.04 Å². The van der Waals surface area contributed by atoms with Crippen LogP contribution in [0.3, 0.4) is 0 Å². The van der Waals surface area contributed by atoms with E-state index in [9.17, 15) is 19.2 Å². The van der Waals surface area contributed by atoms with Gasteiger partial charge in [-0.2, -0.15) is 5.26 Å². The lowest BCUT2D eigenvalue weighted by molar-refractivity contribution is -0.141. The fraction of sp³-hybridized carbons (Fsp3) is 0.591. The molecule has 4 fully saturated rings. The molecule has 3 unspecified atom stereocenters. The molecule has 8 heteroatoms. The van der Waals surface area contributed by atoms with Gasteiger partial charge in [-0.05, 0) is 38.2 Å². The molecule has 5 rings (SSSR count). The number of amides is 2. The molecule has 1 saturated carbocycles. The Morgan fingerprint density at radius 1 is 1.33 bits per heavy atom. The van der Waals surface area contributed by atoms with Gasteiger partial charge in [-0.25, -0.2) is 4.39 Å². The second-order valence-electron chi connectivity index (χ2n) is 9.10. The first-order valence-corrected chi connectivity index (χ1v) is 10.7. The van der Waals surface area contributed by atoms with Crippen molar-refractivity contribution in [1.29, 1.82) is 5.26 Å². The average Bonchev–Trinajstić information content (AvgIpc) is 3.07. The minimum atomic E-state index is -0.746. The highest BCUT2D eigenvalue weighted by Crippen LogP contribution is 2.48. The SMILES string of the molecule is CC(c1ccccc1F)N1C(=O)[C@@H]2C[C@@H]1CN2CC(N)C(=O)N1C(C#N)C[C@@H]2C[C@@H]21. The third-order valence-corrected chi connectivity index (χ3v) is 7.34. The van der Waals surface area contributed by atoms with Crippen LogP contribution in [0.5, 0.6) is 0 Å². The van der Waals surface area contributed by atoms with Crippen LogP contribution in [0.1, 0.15) is 37.8 Å². The van der Waals surface area contributed by atoms with Crippen LogP contribution in [-0.2, 0) is 9.59 Å². The molecule has 2 N–H and O–H groups in total. The smallest absolute Gasteiger partial charge is 0.242 e. The minimum absolute atomic E-state index is 0.00846.